The summed E-state index contributed by atoms with van der Waals surface area (Å²) in [4.78, 5) is 36.9. The standard InChI is InChI=1S/C23H30BrClO4/c1-13(26)22(29-14(2)27)10-7-18-16-12-23(24,25)19-11-15(28)5-8-20(19,3)17(16)6-9-21(18,22)4/h11,16-18H,5-10,12H2,1-4H3/t16-,17+,18+,20-,21+,22-,23?/m1/s1. The second-order valence-corrected chi connectivity index (χ2v) is 12.7. The number of hydrogen-bond donors (Lipinski definition) is 0. The Hall–Kier alpha value is -0.680. The summed E-state index contributed by atoms with van der Waals surface area (Å²) in [6.45, 7) is 7.37. The molecule has 1 unspecified atom stereocenters. The van der Waals surface area contributed by atoms with Gasteiger partial charge in [0.1, 0.15) is 3.78 Å². The second kappa shape index (κ2) is 6.66. The number of esters is 1. The first-order valence-corrected chi connectivity index (χ1v) is 11.9. The highest BCUT2D eigenvalue weighted by molar-refractivity contribution is 9.10. The molecule has 6 heteroatoms. The topological polar surface area (TPSA) is 60.4 Å². The van der Waals surface area contributed by atoms with Crippen LogP contribution >= 0.6 is 27.5 Å². The second-order valence-electron chi connectivity index (χ2n) is 10.2. The van der Waals surface area contributed by atoms with E-state index in [-0.39, 0.29) is 34.3 Å². The molecule has 160 valence electrons. The number of allylic oxidation sites excluding steroid dienone is 1. The van der Waals surface area contributed by atoms with Gasteiger partial charge in [-0.2, -0.15) is 0 Å². The molecule has 0 spiro atoms. The molecule has 0 aromatic rings. The summed E-state index contributed by atoms with van der Waals surface area (Å²) in [6, 6.07) is 0. The molecule has 4 aliphatic carbocycles. The lowest BCUT2D eigenvalue weighted by Crippen LogP contribution is -2.60. The fraction of sp³-hybridized carbons (Fsp3) is 0.783. The number of ketones is 2. The van der Waals surface area contributed by atoms with Crippen molar-refractivity contribution in [1.82, 2.24) is 0 Å². The molecule has 4 aliphatic rings. The summed E-state index contributed by atoms with van der Waals surface area (Å²) < 4.78 is 5.09. The largest absolute Gasteiger partial charge is 0.451 e. The van der Waals surface area contributed by atoms with Gasteiger partial charge in [0.25, 0.3) is 0 Å². The molecule has 0 N–H and O–H groups in total. The van der Waals surface area contributed by atoms with Gasteiger partial charge in [0.05, 0.1) is 0 Å². The van der Waals surface area contributed by atoms with E-state index in [9.17, 15) is 14.4 Å². The van der Waals surface area contributed by atoms with Crippen molar-refractivity contribution in [3.8, 4) is 0 Å². The van der Waals surface area contributed by atoms with E-state index >= 15 is 0 Å². The first-order valence-electron chi connectivity index (χ1n) is 10.7. The molecule has 0 heterocycles. The van der Waals surface area contributed by atoms with Crippen molar-refractivity contribution < 1.29 is 19.1 Å². The molecule has 0 radical (unpaired) electrons. The average molecular weight is 486 g/mol. The van der Waals surface area contributed by atoms with Crippen LogP contribution in [0.25, 0.3) is 0 Å². The van der Waals surface area contributed by atoms with Crippen LogP contribution in [0.2, 0.25) is 0 Å². The van der Waals surface area contributed by atoms with Crippen LogP contribution in [0.3, 0.4) is 0 Å². The number of rotatable bonds is 2. The SMILES string of the molecule is CC(=O)O[C@@]1(C(C)=O)CC[C@H]2[C@@H]3CC(Cl)(Br)C4=CC(=O)CC[C@]4(C)[C@H]3CC[C@@]21C. The number of carbonyl (C=O) groups excluding carboxylic acids is 3. The summed E-state index contributed by atoms with van der Waals surface area (Å²) in [5, 5.41) is 0. The van der Waals surface area contributed by atoms with E-state index in [1.54, 1.807) is 13.0 Å². The molecule has 0 amide bonds. The van der Waals surface area contributed by atoms with Gasteiger partial charge < -0.3 is 4.74 Å². The molecule has 7 atom stereocenters. The number of alkyl halides is 2. The summed E-state index contributed by atoms with van der Waals surface area (Å²) in [5.74, 6) is 0.728. The highest BCUT2D eigenvalue weighted by Gasteiger charge is 2.69. The van der Waals surface area contributed by atoms with Gasteiger partial charge in [0.2, 0.25) is 0 Å². The molecule has 29 heavy (non-hydrogen) atoms. The van der Waals surface area contributed by atoms with E-state index in [0.717, 1.165) is 37.7 Å². The Bertz CT molecular complexity index is 820. The van der Waals surface area contributed by atoms with Crippen molar-refractivity contribution in [1.29, 1.82) is 0 Å². The van der Waals surface area contributed by atoms with Gasteiger partial charge in [0, 0.05) is 18.8 Å². The molecule has 3 fully saturated rings. The lowest BCUT2D eigenvalue weighted by Gasteiger charge is -2.61. The number of halogens is 2. The minimum Gasteiger partial charge on any atom is -0.451 e. The van der Waals surface area contributed by atoms with Crippen LogP contribution in [0.5, 0.6) is 0 Å². The third-order valence-electron chi connectivity index (χ3n) is 8.96. The molecule has 3 saturated carbocycles. The third-order valence-corrected chi connectivity index (χ3v) is 10.1. The Kier molecular flexibility index (Phi) is 4.95. The van der Waals surface area contributed by atoms with E-state index in [1.807, 2.05) is 0 Å². The lowest BCUT2D eigenvalue weighted by atomic mass is 9.46. The zero-order chi connectivity index (χ0) is 21.4. The van der Waals surface area contributed by atoms with E-state index < -0.39 is 9.38 Å². The number of fused-ring (bicyclic) bond motifs is 5. The summed E-state index contributed by atoms with van der Waals surface area (Å²) >= 11 is 10.8. The quantitative estimate of drug-likeness (QED) is 0.391. The highest BCUT2D eigenvalue weighted by atomic mass is 79.9. The number of hydrogen-bond acceptors (Lipinski definition) is 4. The molecule has 0 bridgehead atoms. The van der Waals surface area contributed by atoms with Crippen molar-refractivity contribution in [2.45, 2.75) is 82.0 Å². The van der Waals surface area contributed by atoms with Gasteiger partial charge in [0.15, 0.2) is 17.2 Å². The molecular formula is C23H30BrClO4. The lowest BCUT2D eigenvalue weighted by molar-refractivity contribution is -0.187. The molecular weight excluding hydrogens is 456 g/mol. The summed E-state index contributed by atoms with van der Waals surface area (Å²) in [5.41, 5.74) is -0.501. The van der Waals surface area contributed by atoms with Gasteiger partial charge in [-0.05, 0) is 80.3 Å². The Morgan fingerprint density at radius 2 is 1.79 bits per heavy atom. The van der Waals surface area contributed by atoms with Gasteiger partial charge in [-0.15, -0.1) is 11.6 Å². The minimum atomic E-state index is -1.03. The maximum Gasteiger partial charge on any atom is 0.303 e. The Morgan fingerprint density at radius 3 is 2.41 bits per heavy atom. The van der Waals surface area contributed by atoms with Crippen LogP contribution in [-0.2, 0) is 19.1 Å². The first-order chi connectivity index (χ1) is 13.4. The van der Waals surface area contributed by atoms with Crippen molar-refractivity contribution in [3.05, 3.63) is 11.6 Å². The number of ether oxygens (including phenoxy) is 1. The predicted octanol–water partition coefficient (Wildman–Crippen LogP) is 5.35. The maximum absolute atomic E-state index is 12.8. The van der Waals surface area contributed by atoms with Crippen molar-refractivity contribution in [2.24, 2.45) is 28.6 Å². The number of Topliss-reactive ketones (excluding diaryl/α,β-unsaturated/α-hetero) is 1. The zero-order valence-electron chi connectivity index (χ0n) is 17.6. The zero-order valence-corrected chi connectivity index (χ0v) is 20.0. The Labute approximate surface area is 186 Å². The van der Waals surface area contributed by atoms with E-state index in [4.69, 9.17) is 16.3 Å². The van der Waals surface area contributed by atoms with Crippen LogP contribution in [0.4, 0.5) is 0 Å². The smallest absolute Gasteiger partial charge is 0.303 e. The van der Waals surface area contributed by atoms with Crippen molar-refractivity contribution >= 4 is 45.1 Å². The molecule has 0 aliphatic heterocycles. The molecule has 4 nitrogen and oxygen atoms in total. The maximum atomic E-state index is 12.8. The van der Waals surface area contributed by atoms with Crippen LogP contribution in [0.1, 0.15) is 72.6 Å². The van der Waals surface area contributed by atoms with Gasteiger partial charge >= 0.3 is 5.97 Å². The van der Waals surface area contributed by atoms with E-state index in [0.29, 0.717) is 24.7 Å². The molecule has 4 rings (SSSR count). The van der Waals surface area contributed by atoms with E-state index in [1.165, 1.54) is 6.92 Å². The Morgan fingerprint density at radius 1 is 1.14 bits per heavy atom. The average Bonchev–Trinajstić information content (AvgIpc) is 2.90. The number of carbonyl (C=O) groups is 3. The predicted molar refractivity (Wildman–Crippen MR) is 115 cm³/mol. The van der Waals surface area contributed by atoms with Crippen LogP contribution in [-0.4, -0.2) is 26.9 Å². The summed E-state index contributed by atoms with van der Waals surface area (Å²) in [7, 11) is 0. The fourth-order valence-corrected chi connectivity index (χ4v) is 9.04. The third kappa shape index (κ3) is 2.86. The highest BCUT2D eigenvalue weighted by Crippen LogP contribution is 2.71. The summed E-state index contributed by atoms with van der Waals surface area (Å²) in [6.07, 6.45) is 7.14. The van der Waals surface area contributed by atoms with Gasteiger partial charge in [-0.1, -0.05) is 29.8 Å². The van der Waals surface area contributed by atoms with Crippen molar-refractivity contribution in [3.63, 3.8) is 0 Å². The van der Waals surface area contributed by atoms with Crippen LogP contribution in [0.15, 0.2) is 11.6 Å². The van der Waals surface area contributed by atoms with Crippen LogP contribution < -0.4 is 0 Å². The van der Waals surface area contributed by atoms with E-state index in [2.05, 4.69) is 29.8 Å². The molecule has 0 aromatic carbocycles. The van der Waals surface area contributed by atoms with Gasteiger partial charge in [-0.25, -0.2) is 0 Å². The Balaban J connectivity index is 1.77. The van der Waals surface area contributed by atoms with Gasteiger partial charge in [-0.3, -0.25) is 14.4 Å². The fourth-order valence-electron chi connectivity index (χ4n) is 7.65. The normalized spacial score (nSPS) is 48.8. The first kappa shape index (κ1) is 21.5. The monoisotopic (exact) mass is 484 g/mol. The molecule has 0 saturated heterocycles. The minimum absolute atomic E-state index is 0.0435. The molecule has 0 aromatic heterocycles. The van der Waals surface area contributed by atoms with Crippen molar-refractivity contribution in [2.75, 3.05) is 0 Å². The van der Waals surface area contributed by atoms with Crippen LogP contribution in [0, 0.1) is 28.6 Å².